The zero-order valence-corrected chi connectivity index (χ0v) is 11.6. The van der Waals surface area contributed by atoms with Gasteiger partial charge < -0.3 is 19.9 Å². The Hall–Kier alpha value is -1.11. The average molecular weight is 272 g/mol. The van der Waals surface area contributed by atoms with Gasteiger partial charge in [0.1, 0.15) is 6.61 Å². The number of nitrogen functional groups attached to an aromatic ring is 1. The van der Waals surface area contributed by atoms with Crippen LogP contribution in [0.4, 0.5) is 5.69 Å². The lowest BCUT2D eigenvalue weighted by atomic mass is 10.3. The molecule has 5 nitrogen and oxygen atoms in total. The van der Waals surface area contributed by atoms with Crippen LogP contribution in [0.2, 0.25) is 0 Å². The van der Waals surface area contributed by atoms with Crippen LogP contribution in [0.1, 0.15) is 0 Å². The molecule has 0 saturated heterocycles. The van der Waals surface area contributed by atoms with Crippen molar-refractivity contribution in [2.45, 2.75) is 0 Å². The van der Waals surface area contributed by atoms with Gasteiger partial charge in [-0.3, -0.25) is 4.72 Å². The molecule has 18 heavy (non-hydrogen) atoms. The third-order valence-electron chi connectivity index (χ3n) is 2.17. The van der Waals surface area contributed by atoms with E-state index < -0.39 is 0 Å². The van der Waals surface area contributed by atoms with Gasteiger partial charge in [-0.2, -0.15) is 0 Å². The van der Waals surface area contributed by atoms with Gasteiger partial charge in [0, 0.05) is 18.3 Å². The average Bonchev–Trinajstić information content (AvgIpc) is 2.39. The number of hydrogen-bond acceptors (Lipinski definition) is 6. The van der Waals surface area contributed by atoms with Crippen molar-refractivity contribution in [1.29, 1.82) is 0 Å². The van der Waals surface area contributed by atoms with Crippen molar-refractivity contribution in [1.82, 2.24) is 4.72 Å². The topological polar surface area (TPSA) is 65.7 Å². The van der Waals surface area contributed by atoms with Crippen LogP contribution in [0.3, 0.4) is 0 Å². The summed E-state index contributed by atoms with van der Waals surface area (Å²) in [4.78, 5) is 0. The Kier molecular flexibility index (Phi) is 7.40. The Morgan fingerprint density at radius 3 is 2.78 bits per heavy atom. The van der Waals surface area contributed by atoms with Gasteiger partial charge in [-0.25, -0.2) is 0 Å². The quantitative estimate of drug-likeness (QED) is 0.404. The van der Waals surface area contributed by atoms with Crippen LogP contribution >= 0.6 is 11.9 Å². The summed E-state index contributed by atoms with van der Waals surface area (Å²) in [7, 11) is 1.59. The van der Waals surface area contributed by atoms with Crippen LogP contribution in [0.5, 0.6) is 11.5 Å². The Bertz CT molecular complexity index is 350. The molecule has 0 atom stereocenters. The maximum absolute atomic E-state index is 5.66. The van der Waals surface area contributed by atoms with E-state index in [0.717, 1.165) is 6.54 Å². The summed E-state index contributed by atoms with van der Waals surface area (Å²) >= 11 is 1.58. The van der Waals surface area contributed by atoms with E-state index >= 15 is 0 Å². The second kappa shape index (κ2) is 8.91. The van der Waals surface area contributed by atoms with Gasteiger partial charge in [0.2, 0.25) is 0 Å². The molecule has 0 aromatic heterocycles. The maximum atomic E-state index is 5.66. The number of hydrogen-bond donors (Lipinski definition) is 2. The summed E-state index contributed by atoms with van der Waals surface area (Å²) in [5.74, 6) is 1.32. The van der Waals surface area contributed by atoms with E-state index in [1.165, 1.54) is 0 Å². The lowest BCUT2D eigenvalue weighted by molar-refractivity contribution is 0.103. The molecule has 102 valence electrons. The highest BCUT2D eigenvalue weighted by Crippen LogP contribution is 2.28. The molecule has 0 spiro atoms. The summed E-state index contributed by atoms with van der Waals surface area (Å²) in [5, 5.41) is 0. The molecule has 1 aromatic rings. The number of rotatable bonds is 9. The first kappa shape index (κ1) is 14.9. The van der Waals surface area contributed by atoms with Gasteiger partial charge in [-0.1, -0.05) is 11.9 Å². The predicted molar refractivity (Wildman–Crippen MR) is 75.2 cm³/mol. The third kappa shape index (κ3) is 5.48. The molecular formula is C12H20N2O3S. The lowest BCUT2D eigenvalue weighted by Gasteiger charge is -2.11. The fourth-order valence-electron chi connectivity index (χ4n) is 1.33. The highest BCUT2D eigenvalue weighted by atomic mass is 32.2. The Balaban J connectivity index is 2.22. The molecule has 0 radical (unpaired) electrons. The lowest BCUT2D eigenvalue weighted by Crippen LogP contribution is -2.15. The van der Waals surface area contributed by atoms with Crippen LogP contribution in [-0.4, -0.2) is 39.7 Å². The van der Waals surface area contributed by atoms with Crippen LogP contribution in [-0.2, 0) is 4.74 Å². The summed E-state index contributed by atoms with van der Waals surface area (Å²) in [6.07, 6.45) is 1.98. The Morgan fingerprint density at radius 2 is 2.06 bits per heavy atom. The molecule has 1 aromatic carbocycles. The first-order chi connectivity index (χ1) is 8.77. The minimum Gasteiger partial charge on any atom is -0.493 e. The second-order valence-corrected chi connectivity index (χ2v) is 4.17. The number of nitrogens with two attached hydrogens (primary N) is 1. The minimum atomic E-state index is 0.486. The van der Waals surface area contributed by atoms with Gasteiger partial charge in [-0.15, -0.1) is 0 Å². The van der Waals surface area contributed by atoms with E-state index in [4.69, 9.17) is 19.9 Å². The van der Waals surface area contributed by atoms with E-state index in [0.29, 0.717) is 37.0 Å². The van der Waals surface area contributed by atoms with Gasteiger partial charge in [-0.05, 0) is 18.4 Å². The van der Waals surface area contributed by atoms with Crippen molar-refractivity contribution in [3.05, 3.63) is 18.2 Å². The van der Waals surface area contributed by atoms with Crippen LogP contribution in [0.15, 0.2) is 18.2 Å². The SMILES string of the molecule is COc1cc(N)ccc1OCCOCCNSC. The van der Waals surface area contributed by atoms with Gasteiger partial charge in [0.15, 0.2) is 11.5 Å². The largest absolute Gasteiger partial charge is 0.493 e. The van der Waals surface area contributed by atoms with Gasteiger partial charge in [0.05, 0.1) is 20.3 Å². The summed E-state index contributed by atoms with van der Waals surface area (Å²) < 4.78 is 19.2. The fraction of sp³-hybridized carbons (Fsp3) is 0.500. The summed E-state index contributed by atoms with van der Waals surface area (Å²) in [6, 6.07) is 5.31. The molecule has 0 aliphatic rings. The first-order valence-electron chi connectivity index (χ1n) is 5.68. The molecule has 0 unspecified atom stereocenters. The molecule has 0 aliphatic heterocycles. The molecule has 0 saturated carbocycles. The van der Waals surface area contributed by atoms with Crippen molar-refractivity contribution in [3.63, 3.8) is 0 Å². The predicted octanol–water partition coefficient (Wildman–Crippen LogP) is 1.54. The third-order valence-corrected chi connectivity index (χ3v) is 2.66. The normalized spacial score (nSPS) is 10.3. The van der Waals surface area contributed by atoms with Crippen molar-refractivity contribution >= 4 is 17.6 Å². The van der Waals surface area contributed by atoms with Gasteiger partial charge >= 0.3 is 0 Å². The van der Waals surface area contributed by atoms with Gasteiger partial charge in [0.25, 0.3) is 0 Å². The van der Waals surface area contributed by atoms with Crippen LogP contribution in [0, 0.1) is 0 Å². The fourth-order valence-corrected chi connectivity index (χ4v) is 1.62. The molecule has 3 N–H and O–H groups in total. The zero-order valence-electron chi connectivity index (χ0n) is 10.8. The van der Waals surface area contributed by atoms with E-state index in [2.05, 4.69) is 4.72 Å². The second-order valence-electron chi connectivity index (χ2n) is 3.47. The van der Waals surface area contributed by atoms with Crippen LogP contribution < -0.4 is 19.9 Å². The minimum absolute atomic E-state index is 0.486. The molecule has 0 fully saturated rings. The van der Waals surface area contributed by atoms with Crippen LogP contribution in [0.25, 0.3) is 0 Å². The summed E-state index contributed by atoms with van der Waals surface area (Å²) in [6.45, 7) is 2.53. The number of anilines is 1. The van der Waals surface area contributed by atoms with E-state index in [1.54, 1.807) is 37.3 Å². The van der Waals surface area contributed by atoms with Crippen molar-refractivity contribution in [3.8, 4) is 11.5 Å². The monoisotopic (exact) mass is 272 g/mol. The number of nitrogens with one attached hydrogen (secondary N) is 1. The van der Waals surface area contributed by atoms with Crippen molar-refractivity contribution < 1.29 is 14.2 Å². The molecule has 0 amide bonds. The number of benzene rings is 1. The first-order valence-corrected chi connectivity index (χ1v) is 6.90. The Morgan fingerprint density at radius 1 is 1.22 bits per heavy atom. The van der Waals surface area contributed by atoms with Crippen molar-refractivity contribution in [2.75, 3.05) is 45.5 Å². The Labute approximate surface area is 112 Å². The molecule has 1 rings (SSSR count). The zero-order chi connectivity index (χ0) is 13.2. The highest BCUT2D eigenvalue weighted by molar-refractivity contribution is 7.96. The highest BCUT2D eigenvalue weighted by Gasteiger charge is 2.04. The molecule has 0 bridgehead atoms. The summed E-state index contributed by atoms with van der Waals surface area (Å²) in [5.41, 5.74) is 6.31. The number of ether oxygens (including phenoxy) is 3. The molecular weight excluding hydrogens is 252 g/mol. The molecule has 0 heterocycles. The maximum Gasteiger partial charge on any atom is 0.162 e. The molecule has 0 aliphatic carbocycles. The molecule has 6 heteroatoms. The standard InChI is InChI=1S/C12H20N2O3S/c1-15-12-9-10(13)3-4-11(12)17-8-7-16-6-5-14-18-2/h3-4,9,14H,5-8,13H2,1-2H3. The van der Waals surface area contributed by atoms with Crippen molar-refractivity contribution in [2.24, 2.45) is 0 Å². The van der Waals surface area contributed by atoms with E-state index in [-0.39, 0.29) is 0 Å². The smallest absolute Gasteiger partial charge is 0.162 e. The number of methoxy groups -OCH3 is 1. The van der Waals surface area contributed by atoms with E-state index in [1.807, 2.05) is 6.26 Å². The van der Waals surface area contributed by atoms with E-state index in [9.17, 15) is 0 Å².